The zero-order valence-electron chi connectivity index (χ0n) is 13.9. The normalized spacial score (nSPS) is 11.7. The summed E-state index contributed by atoms with van der Waals surface area (Å²) >= 11 is 1.25. The quantitative estimate of drug-likeness (QED) is 0.642. The highest BCUT2D eigenvalue weighted by atomic mass is 32.2. The number of tetrazole rings is 1. The smallest absolute Gasteiger partial charge is 0.248 e. The molecule has 0 saturated carbocycles. The van der Waals surface area contributed by atoms with Crippen LogP contribution < -0.4 is 11.1 Å². The molecule has 2 amide bonds. The van der Waals surface area contributed by atoms with Crippen LogP contribution >= 0.6 is 11.8 Å². The van der Waals surface area contributed by atoms with E-state index in [1.807, 2.05) is 30.3 Å². The lowest BCUT2D eigenvalue weighted by molar-refractivity contribution is -0.115. The summed E-state index contributed by atoms with van der Waals surface area (Å²) in [6.45, 7) is 1.77. The average Bonchev–Trinajstić information content (AvgIpc) is 3.11. The fraction of sp³-hybridized carbons (Fsp3) is 0.118. The van der Waals surface area contributed by atoms with E-state index in [0.717, 1.165) is 5.69 Å². The second kappa shape index (κ2) is 7.79. The predicted molar refractivity (Wildman–Crippen MR) is 98.1 cm³/mol. The van der Waals surface area contributed by atoms with E-state index in [0.29, 0.717) is 16.4 Å². The molecule has 132 valence electrons. The van der Waals surface area contributed by atoms with Gasteiger partial charge in [-0.15, -0.1) is 5.10 Å². The lowest BCUT2D eigenvalue weighted by atomic mass is 10.2. The molecule has 2 aromatic carbocycles. The molecule has 9 heteroatoms. The molecule has 8 nitrogen and oxygen atoms in total. The van der Waals surface area contributed by atoms with E-state index < -0.39 is 11.2 Å². The summed E-state index contributed by atoms with van der Waals surface area (Å²) in [7, 11) is 0. The number of nitrogens with zero attached hydrogens (tertiary/aromatic N) is 4. The van der Waals surface area contributed by atoms with Crippen molar-refractivity contribution in [1.29, 1.82) is 0 Å². The van der Waals surface area contributed by atoms with Crippen LogP contribution in [0.15, 0.2) is 59.8 Å². The Morgan fingerprint density at radius 2 is 1.81 bits per heavy atom. The van der Waals surface area contributed by atoms with Gasteiger partial charge in [0.05, 0.1) is 10.9 Å². The zero-order valence-corrected chi connectivity index (χ0v) is 14.7. The van der Waals surface area contributed by atoms with Gasteiger partial charge in [0.15, 0.2) is 0 Å². The van der Waals surface area contributed by atoms with Gasteiger partial charge in [0, 0.05) is 11.3 Å². The number of aromatic nitrogens is 4. The summed E-state index contributed by atoms with van der Waals surface area (Å²) in [5, 5.41) is 14.5. The van der Waals surface area contributed by atoms with Gasteiger partial charge in [-0.3, -0.25) is 9.59 Å². The molecular formula is C17H16N6O2S. The summed E-state index contributed by atoms with van der Waals surface area (Å²) in [4.78, 5) is 23.5. The predicted octanol–water partition coefficient (Wildman–Crippen LogP) is 1.88. The van der Waals surface area contributed by atoms with Crippen LogP contribution in [0.25, 0.3) is 5.69 Å². The summed E-state index contributed by atoms with van der Waals surface area (Å²) in [5.41, 5.74) is 6.98. The molecule has 0 aliphatic carbocycles. The van der Waals surface area contributed by atoms with Crippen molar-refractivity contribution in [1.82, 2.24) is 20.2 Å². The van der Waals surface area contributed by atoms with E-state index in [1.54, 1.807) is 35.9 Å². The highest BCUT2D eigenvalue weighted by Gasteiger charge is 2.19. The first-order chi connectivity index (χ1) is 12.5. The molecule has 0 spiro atoms. The molecule has 26 heavy (non-hydrogen) atoms. The maximum Gasteiger partial charge on any atom is 0.248 e. The summed E-state index contributed by atoms with van der Waals surface area (Å²) in [6.07, 6.45) is 0. The van der Waals surface area contributed by atoms with Crippen LogP contribution in [0.3, 0.4) is 0 Å². The van der Waals surface area contributed by atoms with Gasteiger partial charge in [0.1, 0.15) is 0 Å². The van der Waals surface area contributed by atoms with Crippen LogP contribution in [-0.4, -0.2) is 37.3 Å². The molecular weight excluding hydrogens is 352 g/mol. The number of nitrogens with two attached hydrogens (primary N) is 1. The average molecular weight is 368 g/mol. The Labute approximate surface area is 153 Å². The maximum absolute atomic E-state index is 12.4. The first-order valence-electron chi connectivity index (χ1n) is 7.76. The zero-order chi connectivity index (χ0) is 18.5. The minimum Gasteiger partial charge on any atom is -0.366 e. The van der Waals surface area contributed by atoms with Gasteiger partial charge in [0.2, 0.25) is 17.0 Å². The molecule has 0 aliphatic heterocycles. The van der Waals surface area contributed by atoms with E-state index in [1.165, 1.54) is 11.8 Å². The second-order valence-corrected chi connectivity index (χ2v) is 6.71. The first-order valence-corrected chi connectivity index (χ1v) is 8.64. The number of carbonyl (C=O) groups is 2. The molecule has 1 heterocycles. The molecule has 0 radical (unpaired) electrons. The number of benzene rings is 2. The Morgan fingerprint density at radius 1 is 1.12 bits per heavy atom. The lowest BCUT2D eigenvalue weighted by Crippen LogP contribution is -2.23. The number of anilines is 1. The third kappa shape index (κ3) is 4.06. The maximum atomic E-state index is 12.4. The summed E-state index contributed by atoms with van der Waals surface area (Å²) < 4.78 is 1.58. The van der Waals surface area contributed by atoms with Crippen LogP contribution in [0.4, 0.5) is 5.69 Å². The Morgan fingerprint density at radius 3 is 2.46 bits per heavy atom. The van der Waals surface area contributed by atoms with Gasteiger partial charge in [-0.2, -0.15) is 4.68 Å². The number of primary amides is 1. The monoisotopic (exact) mass is 368 g/mol. The lowest BCUT2D eigenvalue weighted by Gasteiger charge is -2.12. The van der Waals surface area contributed by atoms with E-state index >= 15 is 0 Å². The first kappa shape index (κ1) is 17.6. The van der Waals surface area contributed by atoms with Crippen LogP contribution in [0.5, 0.6) is 0 Å². The fourth-order valence-electron chi connectivity index (χ4n) is 2.16. The number of carbonyl (C=O) groups excluding carboxylic acids is 2. The molecule has 1 aromatic heterocycles. The summed E-state index contributed by atoms with van der Waals surface area (Å²) in [6, 6.07) is 15.8. The number of thioether (sulfide) groups is 1. The van der Waals surface area contributed by atoms with Crippen LogP contribution in [0.2, 0.25) is 0 Å². The molecule has 0 bridgehead atoms. The van der Waals surface area contributed by atoms with E-state index in [-0.39, 0.29) is 5.91 Å². The van der Waals surface area contributed by atoms with Crippen molar-refractivity contribution in [2.45, 2.75) is 17.3 Å². The number of hydrogen-bond acceptors (Lipinski definition) is 6. The van der Waals surface area contributed by atoms with Crippen molar-refractivity contribution >= 4 is 29.3 Å². The second-order valence-electron chi connectivity index (χ2n) is 5.40. The van der Waals surface area contributed by atoms with Crippen molar-refractivity contribution < 1.29 is 9.59 Å². The van der Waals surface area contributed by atoms with E-state index in [9.17, 15) is 9.59 Å². The standard InChI is InChI=1S/C17H16N6O2S/c1-11(16(25)19-13-9-7-12(8-10-13)15(18)24)26-17-20-21-22-23(17)14-5-3-2-4-6-14/h2-11H,1H3,(H2,18,24)(H,19,25)/t11-/m0/s1. The van der Waals surface area contributed by atoms with Crippen LogP contribution in [0, 0.1) is 0 Å². The van der Waals surface area contributed by atoms with Gasteiger partial charge in [-0.05, 0) is 53.7 Å². The molecule has 3 rings (SSSR count). The molecule has 0 aliphatic rings. The molecule has 0 unspecified atom stereocenters. The SMILES string of the molecule is C[C@H](Sc1nnnn1-c1ccccc1)C(=O)Nc1ccc(C(N)=O)cc1. The Bertz CT molecular complexity index is 911. The van der Waals surface area contributed by atoms with Crippen molar-refractivity contribution in [3.63, 3.8) is 0 Å². The minimum atomic E-state index is -0.514. The van der Waals surface area contributed by atoms with Gasteiger partial charge >= 0.3 is 0 Å². The van der Waals surface area contributed by atoms with E-state index in [2.05, 4.69) is 20.8 Å². The number of rotatable bonds is 6. The van der Waals surface area contributed by atoms with Crippen LogP contribution in [0.1, 0.15) is 17.3 Å². The Hall–Kier alpha value is -3.20. The molecule has 3 N–H and O–H groups in total. The minimum absolute atomic E-state index is 0.204. The van der Waals surface area contributed by atoms with E-state index in [4.69, 9.17) is 5.73 Å². The number of para-hydroxylation sites is 1. The molecule has 1 atom stereocenters. The van der Waals surface area contributed by atoms with Gasteiger partial charge in [-0.1, -0.05) is 30.0 Å². The van der Waals surface area contributed by atoms with Gasteiger partial charge in [0.25, 0.3) is 0 Å². The molecule has 0 saturated heterocycles. The molecule has 3 aromatic rings. The van der Waals surface area contributed by atoms with Crippen LogP contribution in [-0.2, 0) is 4.79 Å². The highest BCUT2D eigenvalue weighted by molar-refractivity contribution is 8.00. The Kier molecular flexibility index (Phi) is 5.28. The summed E-state index contributed by atoms with van der Waals surface area (Å²) in [5.74, 6) is -0.719. The van der Waals surface area contributed by atoms with Crippen molar-refractivity contribution in [2.75, 3.05) is 5.32 Å². The number of nitrogens with one attached hydrogen (secondary N) is 1. The van der Waals surface area contributed by atoms with Crippen molar-refractivity contribution in [3.05, 3.63) is 60.2 Å². The van der Waals surface area contributed by atoms with Crippen molar-refractivity contribution in [3.8, 4) is 5.69 Å². The third-order valence-electron chi connectivity index (χ3n) is 3.53. The highest BCUT2D eigenvalue weighted by Crippen LogP contribution is 2.23. The van der Waals surface area contributed by atoms with Gasteiger partial charge in [-0.25, -0.2) is 0 Å². The van der Waals surface area contributed by atoms with Crippen molar-refractivity contribution in [2.24, 2.45) is 5.73 Å². The largest absolute Gasteiger partial charge is 0.366 e. The molecule has 0 fully saturated rings. The topological polar surface area (TPSA) is 116 Å². The fourth-order valence-corrected chi connectivity index (χ4v) is 2.96. The van der Waals surface area contributed by atoms with Gasteiger partial charge < -0.3 is 11.1 Å². The number of hydrogen-bond donors (Lipinski definition) is 2. The third-order valence-corrected chi connectivity index (χ3v) is 4.56. The Balaban J connectivity index is 1.67. The number of amides is 2.